The third-order valence-corrected chi connectivity index (χ3v) is 8.38. The highest BCUT2D eigenvalue weighted by Crippen LogP contribution is 2.33. The molecule has 0 atom stereocenters. The Morgan fingerprint density at radius 1 is 1.00 bits per heavy atom. The van der Waals surface area contributed by atoms with Crippen LogP contribution in [0.3, 0.4) is 0 Å². The first-order valence-electron chi connectivity index (χ1n) is 12.2. The first-order chi connectivity index (χ1) is 16.6. The Kier molecular flexibility index (Phi) is 5.63. The van der Waals surface area contributed by atoms with Crippen LogP contribution in [0.25, 0.3) is 26.1 Å². The van der Waals surface area contributed by atoms with Crippen molar-refractivity contribution >= 4 is 49.1 Å². The molecule has 0 saturated carbocycles. The monoisotopic (exact) mass is 477 g/mol. The second-order valence-electron chi connectivity index (χ2n) is 9.69. The number of fused-ring (bicyclic) bond motifs is 5. The highest BCUT2D eigenvalue weighted by atomic mass is 32.1. The summed E-state index contributed by atoms with van der Waals surface area (Å²) in [5.41, 5.74) is 2.48. The summed E-state index contributed by atoms with van der Waals surface area (Å²) in [7, 11) is 4.31. The Bertz CT molecular complexity index is 1410. The number of pyridine rings is 1. The van der Waals surface area contributed by atoms with Gasteiger partial charge in [-0.1, -0.05) is 12.1 Å². The van der Waals surface area contributed by atoms with Crippen molar-refractivity contribution < 1.29 is 0 Å². The molecule has 6 rings (SSSR count). The van der Waals surface area contributed by atoms with Crippen LogP contribution in [0.15, 0.2) is 35.3 Å². The van der Waals surface area contributed by atoms with E-state index >= 15 is 0 Å². The van der Waals surface area contributed by atoms with Gasteiger partial charge in [0.25, 0.3) is 0 Å². The molecule has 0 unspecified atom stereocenters. The summed E-state index contributed by atoms with van der Waals surface area (Å²) in [4.78, 5) is 31.3. The number of hydrogen-bond donors (Lipinski definition) is 1. The lowest BCUT2D eigenvalue weighted by molar-refractivity contribution is 0.264. The Labute approximate surface area is 202 Å². The molecule has 2 saturated heterocycles. The Morgan fingerprint density at radius 2 is 1.79 bits per heavy atom. The lowest BCUT2D eigenvalue weighted by Gasteiger charge is -2.30. The fourth-order valence-electron chi connectivity index (χ4n) is 5.17. The standard InChI is InChI=1S/C25H31N7OS/c1-29-10-5-11-31(15-14-29)25-26-16-18-22(33)21(27-17-8-12-30(2)13-9-17)24-32(23(18)28-25)19-6-3-4-7-20(19)34-24/h3-4,6-7,16-17,27H,5,8-15H2,1-2H3. The van der Waals surface area contributed by atoms with Crippen LogP contribution in [0, 0.1) is 0 Å². The third kappa shape index (κ3) is 3.81. The molecule has 34 heavy (non-hydrogen) atoms. The van der Waals surface area contributed by atoms with Gasteiger partial charge in [0.2, 0.25) is 11.4 Å². The van der Waals surface area contributed by atoms with Gasteiger partial charge in [-0.15, -0.1) is 11.3 Å². The van der Waals surface area contributed by atoms with Crippen molar-refractivity contribution in [3.05, 3.63) is 40.7 Å². The normalized spacial score (nSPS) is 19.3. The Hall–Kier alpha value is -2.75. The molecule has 1 aromatic carbocycles. The smallest absolute Gasteiger partial charge is 0.227 e. The van der Waals surface area contributed by atoms with Gasteiger partial charge in [-0.2, -0.15) is 4.98 Å². The van der Waals surface area contributed by atoms with Gasteiger partial charge < -0.3 is 20.0 Å². The predicted molar refractivity (Wildman–Crippen MR) is 141 cm³/mol. The first kappa shape index (κ1) is 21.8. The van der Waals surface area contributed by atoms with E-state index in [0.29, 0.717) is 28.7 Å². The summed E-state index contributed by atoms with van der Waals surface area (Å²) < 4.78 is 3.32. The summed E-state index contributed by atoms with van der Waals surface area (Å²) >= 11 is 1.66. The maximum absolute atomic E-state index is 13.8. The van der Waals surface area contributed by atoms with Crippen LogP contribution in [0.1, 0.15) is 19.3 Å². The minimum atomic E-state index is 0.00244. The Balaban J connectivity index is 1.52. The molecule has 178 valence electrons. The van der Waals surface area contributed by atoms with E-state index in [1.165, 1.54) is 0 Å². The number of thiazole rings is 1. The zero-order valence-electron chi connectivity index (χ0n) is 19.8. The number of benzene rings is 1. The van der Waals surface area contributed by atoms with Crippen LogP contribution in [0.5, 0.6) is 0 Å². The molecule has 0 amide bonds. The number of likely N-dealkylation sites (N-methyl/N-ethyl adjacent to an activating group) is 1. The van der Waals surface area contributed by atoms with Crippen molar-refractivity contribution in [1.29, 1.82) is 0 Å². The van der Waals surface area contributed by atoms with Crippen LogP contribution >= 0.6 is 11.3 Å². The molecule has 2 fully saturated rings. The highest BCUT2D eigenvalue weighted by molar-refractivity contribution is 7.24. The van der Waals surface area contributed by atoms with Gasteiger partial charge in [-0.25, -0.2) is 4.98 Å². The molecule has 0 bridgehead atoms. The van der Waals surface area contributed by atoms with Crippen LogP contribution in [0.4, 0.5) is 11.6 Å². The van der Waals surface area contributed by atoms with Crippen LogP contribution in [0.2, 0.25) is 0 Å². The number of hydrogen-bond acceptors (Lipinski definition) is 8. The summed E-state index contributed by atoms with van der Waals surface area (Å²) in [5, 5.41) is 4.21. The fraction of sp³-hybridized carbons (Fsp3) is 0.480. The van der Waals surface area contributed by atoms with Crippen molar-refractivity contribution in [2.24, 2.45) is 0 Å². The van der Waals surface area contributed by atoms with E-state index in [1.807, 2.05) is 0 Å². The number of aromatic nitrogens is 3. The van der Waals surface area contributed by atoms with Crippen LogP contribution in [-0.2, 0) is 0 Å². The van der Waals surface area contributed by atoms with E-state index in [9.17, 15) is 4.79 Å². The van der Waals surface area contributed by atoms with Crippen molar-refractivity contribution in [1.82, 2.24) is 24.2 Å². The summed E-state index contributed by atoms with van der Waals surface area (Å²) in [6.07, 6.45) is 4.88. The summed E-state index contributed by atoms with van der Waals surface area (Å²) in [5.74, 6) is 0.710. The number of piperidine rings is 1. The highest BCUT2D eigenvalue weighted by Gasteiger charge is 2.24. The number of rotatable bonds is 3. The van der Waals surface area contributed by atoms with E-state index in [-0.39, 0.29) is 5.43 Å². The molecular formula is C25H31N7OS. The van der Waals surface area contributed by atoms with Crippen LogP contribution in [-0.4, -0.2) is 83.6 Å². The van der Waals surface area contributed by atoms with Gasteiger partial charge in [-0.05, 0) is 65.1 Å². The second kappa shape index (κ2) is 8.79. The summed E-state index contributed by atoms with van der Waals surface area (Å²) in [6.45, 7) is 5.96. The minimum absolute atomic E-state index is 0.00244. The van der Waals surface area contributed by atoms with Crippen molar-refractivity contribution in [2.75, 3.05) is 63.6 Å². The van der Waals surface area contributed by atoms with Gasteiger partial charge in [0, 0.05) is 31.9 Å². The van der Waals surface area contributed by atoms with Gasteiger partial charge in [0.1, 0.15) is 10.5 Å². The third-order valence-electron chi connectivity index (χ3n) is 7.24. The fourth-order valence-corrected chi connectivity index (χ4v) is 6.32. The van der Waals surface area contributed by atoms with E-state index in [4.69, 9.17) is 4.98 Å². The van der Waals surface area contributed by atoms with Crippen molar-refractivity contribution in [3.63, 3.8) is 0 Å². The van der Waals surface area contributed by atoms with Gasteiger partial charge in [-0.3, -0.25) is 9.20 Å². The zero-order valence-corrected chi connectivity index (χ0v) is 20.6. The van der Waals surface area contributed by atoms with E-state index in [1.54, 1.807) is 17.5 Å². The van der Waals surface area contributed by atoms with Gasteiger partial charge in [0.05, 0.1) is 15.6 Å². The summed E-state index contributed by atoms with van der Waals surface area (Å²) in [6, 6.07) is 8.64. The van der Waals surface area contributed by atoms with E-state index in [2.05, 4.69) is 67.8 Å². The van der Waals surface area contributed by atoms with E-state index < -0.39 is 0 Å². The van der Waals surface area contributed by atoms with Crippen molar-refractivity contribution in [2.45, 2.75) is 25.3 Å². The number of nitrogens with zero attached hydrogens (tertiary/aromatic N) is 6. The zero-order chi connectivity index (χ0) is 23.2. The molecule has 2 aliphatic rings. The molecule has 0 radical (unpaired) electrons. The number of para-hydroxylation sites is 1. The van der Waals surface area contributed by atoms with Crippen LogP contribution < -0.4 is 15.6 Å². The molecule has 4 aromatic rings. The van der Waals surface area contributed by atoms with Gasteiger partial charge in [0.15, 0.2) is 5.65 Å². The van der Waals surface area contributed by atoms with Crippen molar-refractivity contribution in [3.8, 4) is 0 Å². The first-order valence-corrected chi connectivity index (χ1v) is 13.0. The molecule has 5 heterocycles. The minimum Gasteiger partial charge on any atom is -0.377 e. The maximum Gasteiger partial charge on any atom is 0.227 e. The largest absolute Gasteiger partial charge is 0.377 e. The number of nitrogens with one attached hydrogen (secondary N) is 1. The molecular weight excluding hydrogens is 446 g/mol. The molecule has 3 aromatic heterocycles. The lowest BCUT2D eigenvalue weighted by atomic mass is 10.1. The average Bonchev–Trinajstić information content (AvgIpc) is 3.10. The molecule has 1 N–H and O–H groups in total. The van der Waals surface area contributed by atoms with E-state index in [0.717, 1.165) is 73.6 Å². The molecule has 2 aliphatic heterocycles. The predicted octanol–water partition coefficient (Wildman–Crippen LogP) is 3.11. The number of anilines is 2. The quantitative estimate of drug-likeness (QED) is 0.486. The Morgan fingerprint density at radius 3 is 2.65 bits per heavy atom. The SMILES string of the molecule is CN1CCC(Nc2c(=O)c3cnc(N4CCCN(C)CC4)nc3n3c2sc2ccccc23)CC1. The molecule has 0 aliphatic carbocycles. The second-order valence-corrected chi connectivity index (χ2v) is 10.7. The average molecular weight is 478 g/mol. The topological polar surface area (TPSA) is 69.0 Å². The van der Waals surface area contributed by atoms with Gasteiger partial charge >= 0.3 is 0 Å². The molecule has 0 spiro atoms. The molecule has 8 nitrogen and oxygen atoms in total. The maximum atomic E-state index is 13.8. The molecule has 9 heteroatoms. The lowest BCUT2D eigenvalue weighted by Crippen LogP contribution is -2.37. The number of likely N-dealkylation sites (tertiary alicyclic amines) is 1.